The summed E-state index contributed by atoms with van der Waals surface area (Å²) < 4.78 is 26.6. The number of nitrogens with zero attached hydrogens (tertiary/aromatic N) is 3. The quantitative estimate of drug-likeness (QED) is 0.279. The molecule has 0 spiro atoms. The summed E-state index contributed by atoms with van der Waals surface area (Å²) in [5, 5.41) is 8.52. The van der Waals surface area contributed by atoms with Crippen molar-refractivity contribution < 1.29 is 13.9 Å². The number of pyridine rings is 2. The zero-order valence-corrected chi connectivity index (χ0v) is 20.8. The second-order valence-electron chi connectivity index (χ2n) is 9.10. The van der Waals surface area contributed by atoms with Crippen LogP contribution >= 0.6 is 11.6 Å². The molecule has 0 saturated carbocycles. The molecule has 3 aromatic heterocycles. The minimum absolute atomic E-state index is 0.281. The van der Waals surface area contributed by atoms with Crippen molar-refractivity contribution in [3.05, 3.63) is 82.5 Å². The van der Waals surface area contributed by atoms with E-state index in [1.165, 1.54) is 6.08 Å². The van der Waals surface area contributed by atoms with Crippen LogP contribution in [0.25, 0.3) is 22.8 Å². The number of aromatic amines is 1. The van der Waals surface area contributed by atoms with Gasteiger partial charge >= 0.3 is 0 Å². The smallest absolute Gasteiger partial charge is 0.134 e. The molecular weight excluding hydrogens is 479 g/mol. The first-order valence-electron chi connectivity index (χ1n) is 12.2. The number of ether oxygens (including phenoxy) is 2. The van der Waals surface area contributed by atoms with Gasteiger partial charge in [-0.25, -0.2) is 4.39 Å². The standard InChI is InChI=1S/C28H28ClFN4O2/c1-18(23-8-11-31-17-25(23)29)36-22-6-7-27-24(14-22)28(34-33-27)15-26(30)20-3-5-21(32-16-20)4-2-19-9-12-35-13-10-19/h3,5-8,11,14-19H,2,4,9-10,12-13H2,1H3,(H,33,34)/b26-15-/t18-/m1/s1. The normalized spacial score (nSPS) is 15.8. The van der Waals surface area contributed by atoms with Gasteiger partial charge in [0, 0.05) is 60.1 Å². The molecule has 0 aliphatic carbocycles. The molecule has 0 bridgehead atoms. The fraction of sp³-hybridized carbons (Fsp3) is 0.321. The van der Waals surface area contributed by atoms with Crippen molar-refractivity contribution in [3.8, 4) is 5.75 Å². The number of nitrogens with one attached hydrogen (secondary N) is 1. The van der Waals surface area contributed by atoms with Crippen molar-refractivity contribution >= 4 is 34.4 Å². The Hall–Kier alpha value is -3.29. The Morgan fingerprint density at radius 3 is 2.86 bits per heavy atom. The zero-order chi connectivity index (χ0) is 24.9. The lowest BCUT2D eigenvalue weighted by Gasteiger charge is -2.21. The molecule has 4 heterocycles. The summed E-state index contributed by atoms with van der Waals surface area (Å²) >= 11 is 6.25. The van der Waals surface area contributed by atoms with Gasteiger partial charge in [-0.05, 0) is 74.9 Å². The van der Waals surface area contributed by atoms with E-state index in [0.29, 0.717) is 27.9 Å². The summed E-state index contributed by atoms with van der Waals surface area (Å²) in [7, 11) is 0. The van der Waals surface area contributed by atoms with Gasteiger partial charge in [-0.15, -0.1) is 0 Å². The van der Waals surface area contributed by atoms with Gasteiger partial charge in [-0.1, -0.05) is 11.6 Å². The van der Waals surface area contributed by atoms with Crippen LogP contribution in [0, 0.1) is 5.92 Å². The Morgan fingerprint density at radius 2 is 2.08 bits per heavy atom. The number of fused-ring (bicyclic) bond motifs is 1. The molecule has 186 valence electrons. The molecule has 36 heavy (non-hydrogen) atoms. The fourth-order valence-electron chi connectivity index (χ4n) is 4.49. The molecule has 1 aliphatic rings. The predicted molar refractivity (Wildman–Crippen MR) is 139 cm³/mol. The SMILES string of the molecule is C[C@@H](Oc1ccc2n[nH]c(/C=C(\F)c3ccc(CCC4CCOCC4)nc3)c2c1)c1ccncc1Cl. The van der Waals surface area contributed by atoms with Crippen molar-refractivity contribution in [1.29, 1.82) is 0 Å². The van der Waals surface area contributed by atoms with Crippen LogP contribution in [0.15, 0.2) is 55.0 Å². The lowest BCUT2D eigenvalue weighted by atomic mass is 9.94. The first kappa shape index (κ1) is 24.4. The number of aryl methyl sites for hydroxylation is 1. The number of hydrogen-bond donors (Lipinski definition) is 1. The molecule has 1 aliphatic heterocycles. The molecule has 0 amide bonds. The maximum absolute atomic E-state index is 15.1. The van der Waals surface area contributed by atoms with Crippen LogP contribution in [0.5, 0.6) is 5.75 Å². The third-order valence-electron chi connectivity index (χ3n) is 6.63. The van der Waals surface area contributed by atoms with E-state index in [0.717, 1.165) is 61.1 Å². The van der Waals surface area contributed by atoms with Crippen LogP contribution in [0.1, 0.15) is 54.8 Å². The van der Waals surface area contributed by atoms with Crippen molar-refractivity contribution in [2.24, 2.45) is 5.92 Å². The van der Waals surface area contributed by atoms with Gasteiger partial charge in [0.2, 0.25) is 0 Å². The average molecular weight is 507 g/mol. The van der Waals surface area contributed by atoms with Crippen molar-refractivity contribution in [1.82, 2.24) is 20.2 Å². The highest BCUT2D eigenvalue weighted by Gasteiger charge is 2.15. The van der Waals surface area contributed by atoms with Crippen LogP contribution in [0.3, 0.4) is 0 Å². The lowest BCUT2D eigenvalue weighted by Crippen LogP contribution is -2.16. The Kier molecular flexibility index (Phi) is 7.58. The lowest BCUT2D eigenvalue weighted by molar-refractivity contribution is 0.0639. The molecule has 5 rings (SSSR count). The Labute approximate surface area is 214 Å². The highest BCUT2D eigenvalue weighted by Crippen LogP contribution is 2.30. The van der Waals surface area contributed by atoms with E-state index in [2.05, 4.69) is 20.2 Å². The van der Waals surface area contributed by atoms with E-state index < -0.39 is 0 Å². The molecule has 1 N–H and O–H groups in total. The van der Waals surface area contributed by atoms with Gasteiger partial charge in [-0.3, -0.25) is 15.1 Å². The van der Waals surface area contributed by atoms with E-state index in [4.69, 9.17) is 21.1 Å². The van der Waals surface area contributed by atoms with Gasteiger partial charge in [0.05, 0.1) is 16.2 Å². The fourth-order valence-corrected chi connectivity index (χ4v) is 4.76. The minimum atomic E-state index is -0.382. The summed E-state index contributed by atoms with van der Waals surface area (Å²) in [5.41, 5.74) is 3.54. The largest absolute Gasteiger partial charge is 0.486 e. The molecule has 1 saturated heterocycles. The molecule has 1 fully saturated rings. The Balaban J connectivity index is 1.29. The van der Waals surface area contributed by atoms with Gasteiger partial charge in [0.25, 0.3) is 0 Å². The first-order valence-corrected chi connectivity index (χ1v) is 12.6. The Bertz CT molecular complexity index is 1350. The molecule has 4 aromatic rings. The summed E-state index contributed by atoms with van der Waals surface area (Å²) in [4.78, 5) is 8.50. The number of halogens is 2. The average Bonchev–Trinajstić information content (AvgIpc) is 3.30. The van der Waals surface area contributed by atoms with Crippen LogP contribution in [-0.4, -0.2) is 33.4 Å². The van der Waals surface area contributed by atoms with Gasteiger partial charge in [-0.2, -0.15) is 5.10 Å². The van der Waals surface area contributed by atoms with E-state index in [1.54, 1.807) is 24.7 Å². The maximum atomic E-state index is 15.1. The number of aromatic nitrogens is 4. The topological polar surface area (TPSA) is 72.9 Å². The minimum Gasteiger partial charge on any atom is -0.486 e. The van der Waals surface area contributed by atoms with E-state index in [9.17, 15) is 0 Å². The molecular formula is C28H28ClFN4O2. The van der Waals surface area contributed by atoms with E-state index >= 15 is 4.39 Å². The molecule has 1 aromatic carbocycles. The Morgan fingerprint density at radius 1 is 1.22 bits per heavy atom. The highest BCUT2D eigenvalue weighted by molar-refractivity contribution is 6.31. The molecule has 1 atom stereocenters. The summed E-state index contributed by atoms with van der Waals surface area (Å²) in [6.07, 6.45) is 10.2. The third-order valence-corrected chi connectivity index (χ3v) is 6.95. The summed E-state index contributed by atoms with van der Waals surface area (Å²) in [5.74, 6) is 0.936. The molecule has 8 heteroatoms. The van der Waals surface area contributed by atoms with Gasteiger partial charge < -0.3 is 9.47 Å². The molecule has 6 nitrogen and oxygen atoms in total. The number of H-pyrrole nitrogens is 1. The van der Waals surface area contributed by atoms with Crippen LogP contribution in [0.2, 0.25) is 5.02 Å². The van der Waals surface area contributed by atoms with E-state index in [1.807, 2.05) is 37.3 Å². The van der Waals surface area contributed by atoms with Crippen LogP contribution in [0.4, 0.5) is 4.39 Å². The second kappa shape index (κ2) is 11.2. The third kappa shape index (κ3) is 5.74. The highest BCUT2D eigenvalue weighted by atomic mass is 35.5. The van der Waals surface area contributed by atoms with Crippen molar-refractivity contribution in [3.63, 3.8) is 0 Å². The second-order valence-corrected chi connectivity index (χ2v) is 9.51. The molecule has 0 radical (unpaired) electrons. The summed E-state index contributed by atoms with van der Waals surface area (Å²) in [6, 6.07) is 11.0. The summed E-state index contributed by atoms with van der Waals surface area (Å²) in [6.45, 7) is 3.61. The van der Waals surface area contributed by atoms with Crippen molar-refractivity contribution in [2.75, 3.05) is 13.2 Å². The zero-order valence-electron chi connectivity index (χ0n) is 20.1. The van der Waals surface area contributed by atoms with Gasteiger partial charge in [0.15, 0.2) is 0 Å². The monoisotopic (exact) mass is 506 g/mol. The number of benzene rings is 1. The van der Waals surface area contributed by atoms with E-state index in [-0.39, 0.29) is 11.9 Å². The van der Waals surface area contributed by atoms with Gasteiger partial charge in [0.1, 0.15) is 17.7 Å². The van der Waals surface area contributed by atoms with Crippen LogP contribution in [-0.2, 0) is 11.2 Å². The van der Waals surface area contributed by atoms with Crippen LogP contribution < -0.4 is 4.74 Å². The number of hydrogen-bond acceptors (Lipinski definition) is 5. The predicted octanol–water partition coefficient (Wildman–Crippen LogP) is 6.97. The maximum Gasteiger partial charge on any atom is 0.134 e. The van der Waals surface area contributed by atoms with Crippen molar-refractivity contribution in [2.45, 2.75) is 38.7 Å². The first-order chi connectivity index (χ1) is 17.6. The number of rotatable bonds is 8. The molecule has 0 unspecified atom stereocenters.